The first-order chi connectivity index (χ1) is 6.41. The molecular formula is C12H20OSi. The largest absolute Gasteiger partial charge is 0.299 e. The Bertz CT molecular complexity index is 309. The number of fused-ring (bicyclic) bond motifs is 1. The van der Waals surface area contributed by atoms with Crippen LogP contribution >= 0.6 is 0 Å². The van der Waals surface area contributed by atoms with Gasteiger partial charge in [0.25, 0.3) is 0 Å². The van der Waals surface area contributed by atoms with Gasteiger partial charge in [0.1, 0.15) is 5.78 Å². The number of carbonyl (C=O) groups is 1. The Morgan fingerprint density at radius 1 is 1.29 bits per heavy atom. The summed E-state index contributed by atoms with van der Waals surface area (Å²) in [5, 5.41) is 1.68. The molecule has 2 aliphatic carbocycles. The normalized spacial score (nSPS) is 32.7. The summed E-state index contributed by atoms with van der Waals surface area (Å²) in [6, 6.07) is 0. The standard InChI is InChI=1S/C12H20OSi/c1-8-11(14(2,3)4)7-9-5-6-10(13)12(8)9/h9,12H,5-7H2,1-4H3/t9-,12+/m0/s1. The monoisotopic (exact) mass is 208 g/mol. The first-order valence-corrected chi connectivity index (χ1v) is 9.14. The van der Waals surface area contributed by atoms with Crippen molar-refractivity contribution in [3.63, 3.8) is 0 Å². The average molecular weight is 208 g/mol. The van der Waals surface area contributed by atoms with E-state index in [-0.39, 0.29) is 0 Å². The van der Waals surface area contributed by atoms with E-state index in [9.17, 15) is 4.79 Å². The quantitative estimate of drug-likeness (QED) is 0.605. The second-order valence-electron chi connectivity index (χ2n) is 5.86. The zero-order chi connectivity index (χ0) is 10.5. The van der Waals surface area contributed by atoms with Gasteiger partial charge >= 0.3 is 0 Å². The number of hydrogen-bond donors (Lipinski definition) is 0. The van der Waals surface area contributed by atoms with Crippen molar-refractivity contribution in [2.24, 2.45) is 11.8 Å². The third kappa shape index (κ3) is 1.40. The molecule has 2 rings (SSSR count). The molecule has 0 amide bonds. The highest BCUT2D eigenvalue weighted by atomic mass is 28.3. The Kier molecular flexibility index (Phi) is 2.22. The van der Waals surface area contributed by atoms with E-state index in [1.165, 1.54) is 12.0 Å². The summed E-state index contributed by atoms with van der Waals surface area (Å²) in [7, 11) is -1.16. The first kappa shape index (κ1) is 10.2. The van der Waals surface area contributed by atoms with Gasteiger partial charge in [0.2, 0.25) is 0 Å². The highest BCUT2D eigenvalue weighted by Gasteiger charge is 2.43. The van der Waals surface area contributed by atoms with Crippen LogP contribution < -0.4 is 0 Å². The van der Waals surface area contributed by atoms with Crippen molar-refractivity contribution in [3.8, 4) is 0 Å². The lowest BCUT2D eigenvalue weighted by molar-refractivity contribution is -0.120. The molecule has 1 fully saturated rings. The maximum absolute atomic E-state index is 11.7. The van der Waals surface area contributed by atoms with E-state index in [0.29, 0.717) is 17.6 Å². The summed E-state index contributed by atoms with van der Waals surface area (Å²) in [6.07, 6.45) is 3.22. The highest BCUT2D eigenvalue weighted by Crippen LogP contribution is 2.47. The molecule has 0 unspecified atom stereocenters. The fourth-order valence-corrected chi connectivity index (χ4v) is 5.45. The highest BCUT2D eigenvalue weighted by molar-refractivity contribution is 6.83. The van der Waals surface area contributed by atoms with Gasteiger partial charge in [0.05, 0.1) is 8.07 Å². The zero-order valence-electron chi connectivity index (χ0n) is 9.68. The molecule has 0 N–H and O–H groups in total. The zero-order valence-corrected chi connectivity index (χ0v) is 10.7. The van der Waals surface area contributed by atoms with Gasteiger partial charge in [0.15, 0.2) is 0 Å². The van der Waals surface area contributed by atoms with E-state index >= 15 is 0 Å². The van der Waals surface area contributed by atoms with Crippen LogP contribution in [0.15, 0.2) is 10.8 Å². The van der Waals surface area contributed by atoms with Gasteiger partial charge < -0.3 is 0 Å². The summed E-state index contributed by atoms with van der Waals surface area (Å²) in [5.74, 6) is 1.53. The lowest BCUT2D eigenvalue weighted by Crippen LogP contribution is -2.24. The lowest BCUT2D eigenvalue weighted by Gasteiger charge is -2.20. The Hall–Kier alpha value is -0.373. The van der Waals surface area contributed by atoms with Gasteiger partial charge in [-0.3, -0.25) is 4.79 Å². The van der Waals surface area contributed by atoms with Gasteiger partial charge in [-0.25, -0.2) is 0 Å². The number of allylic oxidation sites excluding steroid dienone is 2. The van der Waals surface area contributed by atoms with Crippen molar-refractivity contribution in [1.82, 2.24) is 0 Å². The summed E-state index contributed by atoms with van der Waals surface area (Å²) in [4.78, 5) is 11.7. The van der Waals surface area contributed by atoms with Crippen LogP contribution in [0.2, 0.25) is 19.6 Å². The van der Waals surface area contributed by atoms with E-state index in [0.717, 1.165) is 12.8 Å². The van der Waals surface area contributed by atoms with E-state index in [1.54, 1.807) is 5.20 Å². The third-order valence-corrected chi connectivity index (χ3v) is 6.30. The molecule has 14 heavy (non-hydrogen) atoms. The predicted octanol–water partition coefficient (Wildman–Crippen LogP) is 3.18. The smallest absolute Gasteiger partial charge is 0.140 e. The molecule has 2 aliphatic rings. The molecule has 1 saturated carbocycles. The maximum Gasteiger partial charge on any atom is 0.140 e. The number of carbonyl (C=O) groups excluding carboxylic acids is 1. The minimum Gasteiger partial charge on any atom is -0.299 e. The summed E-state index contributed by atoms with van der Waals surface area (Å²) in [5.41, 5.74) is 1.46. The summed E-state index contributed by atoms with van der Waals surface area (Å²) in [6.45, 7) is 9.41. The molecule has 0 aliphatic heterocycles. The van der Waals surface area contributed by atoms with E-state index in [4.69, 9.17) is 0 Å². The molecular weight excluding hydrogens is 188 g/mol. The van der Waals surface area contributed by atoms with E-state index in [2.05, 4.69) is 26.6 Å². The van der Waals surface area contributed by atoms with Crippen LogP contribution in [0.5, 0.6) is 0 Å². The van der Waals surface area contributed by atoms with Crippen molar-refractivity contribution in [1.29, 1.82) is 0 Å². The van der Waals surface area contributed by atoms with Crippen LogP contribution in [-0.2, 0) is 4.79 Å². The van der Waals surface area contributed by atoms with Crippen LogP contribution in [0.25, 0.3) is 0 Å². The number of ketones is 1. The van der Waals surface area contributed by atoms with Crippen LogP contribution in [0.1, 0.15) is 26.2 Å². The molecule has 0 heterocycles. The predicted molar refractivity (Wildman–Crippen MR) is 61.9 cm³/mol. The topological polar surface area (TPSA) is 17.1 Å². The molecule has 2 heteroatoms. The SMILES string of the molecule is CC1=C([Si](C)(C)C)C[C@@H]2CCC(=O)[C@H]12. The third-order valence-electron chi connectivity index (χ3n) is 3.89. The summed E-state index contributed by atoms with van der Waals surface area (Å²) < 4.78 is 0. The Morgan fingerprint density at radius 3 is 2.43 bits per heavy atom. The molecule has 0 aromatic rings. The molecule has 78 valence electrons. The van der Waals surface area contributed by atoms with Crippen molar-refractivity contribution >= 4 is 13.9 Å². The second kappa shape index (κ2) is 3.06. The minimum atomic E-state index is -1.16. The van der Waals surface area contributed by atoms with E-state index in [1.807, 2.05) is 0 Å². The van der Waals surface area contributed by atoms with Gasteiger partial charge in [-0.2, -0.15) is 0 Å². The first-order valence-electron chi connectivity index (χ1n) is 5.64. The average Bonchev–Trinajstić information content (AvgIpc) is 2.53. The van der Waals surface area contributed by atoms with Crippen molar-refractivity contribution in [3.05, 3.63) is 10.8 Å². The molecule has 0 aromatic carbocycles. The maximum atomic E-state index is 11.7. The van der Waals surface area contributed by atoms with Crippen LogP contribution in [0, 0.1) is 11.8 Å². The molecule has 1 nitrogen and oxygen atoms in total. The summed E-state index contributed by atoms with van der Waals surface area (Å²) >= 11 is 0. The Labute approximate surface area is 87.6 Å². The number of Topliss-reactive ketones (excluding diaryl/α,β-unsaturated/α-hetero) is 1. The van der Waals surface area contributed by atoms with Crippen molar-refractivity contribution in [2.45, 2.75) is 45.8 Å². The molecule has 0 aromatic heterocycles. The lowest BCUT2D eigenvalue weighted by atomic mass is 9.95. The van der Waals surface area contributed by atoms with Gasteiger partial charge in [-0.15, -0.1) is 0 Å². The number of hydrogen-bond acceptors (Lipinski definition) is 1. The molecule has 0 spiro atoms. The van der Waals surface area contributed by atoms with Gasteiger partial charge in [0, 0.05) is 12.3 Å². The second-order valence-corrected chi connectivity index (χ2v) is 11.0. The number of rotatable bonds is 1. The Balaban J connectivity index is 2.34. The molecule has 2 atom stereocenters. The molecule has 0 radical (unpaired) electrons. The fourth-order valence-electron chi connectivity index (χ4n) is 3.24. The van der Waals surface area contributed by atoms with Crippen LogP contribution in [0.3, 0.4) is 0 Å². The van der Waals surface area contributed by atoms with E-state index < -0.39 is 8.07 Å². The molecule has 0 saturated heterocycles. The van der Waals surface area contributed by atoms with Gasteiger partial charge in [-0.05, 0) is 25.7 Å². The van der Waals surface area contributed by atoms with Gasteiger partial charge in [-0.1, -0.05) is 30.4 Å². The Morgan fingerprint density at radius 2 is 1.93 bits per heavy atom. The van der Waals surface area contributed by atoms with Crippen molar-refractivity contribution < 1.29 is 4.79 Å². The van der Waals surface area contributed by atoms with Crippen LogP contribution in [-0.4, -0.2) is 13.9 Å². The van der Waals surface area contributed by atoms with Crippen LogP contribution in [0.4, 0.5) is 0 Å². The molecule has 0 bridgehead atoms. The van der Waals surface area contributed by atoms with Crippen molar-refractivity contribution in [2.75, 3.05) is 0 Å². The fraction of sp³-hybridized carbons (Fsp3) is 0.750. The minimum absolute atomic E-state index is 0.330.